The van der Waals surface area contributed by atoms with Crippen LogP contribution in [0.3, 0.4) is 0 Å². The first kappa shape index (κ1) is 20.9. The van der Waals surface area contributed by atoms with E-state index in [1.165, 1.54) is 31.2 Å². The molecule has 0 saturated heterocycles. The van der Waals surface area contributed by atoms with E-state index in [1.807, 2.05) is 12.1 Å². The highest BCUT2D eigenvalue weighted by Gasteiger charge is 2.13. The SMILES string of the molecule is CC(=O)Oc1ccc(-c2ccc(C(=O)OCc3nc(-c4ccc(F)cc4)no3)cc2)cc1. The van der Waals surface area contributed by atoms with Gasteiger partial charge in [0.1, 0.15) is 11.6 Å². The number of ether oxygens (including phenoxy) is 2. The molecule has 3 aromatic carbocycles. The van der Waals surface area contributed by atoms with E-state index in [0.717, 1.165) is 11.1 Å². The largest absolute Gasteiger partial charge is 0.452 e. The van der Waals surface area contributed by atoms with E-state index >= 15 is 0 Å². The summed E-state index contributed by atoms with van der Waals surface area (Å²) < 4.78 is 28.4. The summed E-state index contributed by atoms with van der Waals surface area (Å²) in [6.45, 7) is 1.15. The number of hydrogen-bond acceptors (Lipinski definition) is 7. The number of esters is 2. The third-order valence-corrected chi connectivity index (χ3v) is 4.47. The summed E-state index contributed by atoms with van der Waals surface area (Å²) in [5.74, 6) is -0.417. The Labute approximate surface area is 182 Å². The van der Waals surface area contributed by atoms with Gasteiger partial charge in [-0.2, -0.15) is 4.98 Å². The lowest BCUT2D eigenvalue weighted by Gasteiger charge is -2.06. The maximum atomic E-state index is 13.0. The molecule has 0 N–H and O–H groups in total. The summed E-state index contributed by atoms with van der Waals surface area (Å²) in [4.78, 5) is 27.5. The second-order valence-electron chi connectivity index (χ2n) is 6.79. The van der Waals surface area contributed by atoms with Crippen LogP contribution in [-0.4, -0.2) is 22.1 Å². The summed E-state index contributed by atoms with van der Waals surface area (Å²) >= 11 is 0. The van der Waals surface area contributed by atoms with Crippen molar-refractivity contribution in [3.05, 3.63) is 90.1 Å². The molecular weight excluding hydrogens is 415 g/mol. The minimum Gasteiger partial charge on any atom is -0.452 e. The summed E-state index contributed by atoms with van der Waals surface area (Å²) in [6, 6.07) is 19.6. The van der Waals surface area contributed by atoms with Crippen LogP contribution in [0.1, 0.15) is 23.2 Å². The first-order valence-electron chi connectivity index (χ1n) is 9.62. The molecule has 4 rings (SSSR count). The van der Waals surface area contributed by atoms with Gasteiger partial charge < -0.3 is 14.0 Å². The molecule has 0 aliphatic heterocycles. The minimum absolute atomic E-state index is 0.127. The zero-order valence-electron chi connectivity index (χ0n) is 16.9. The molecule has 1 aromatic heterocycles. The van der Waals surface area contributed by atoms with E-state index in [0.29, 0.717) is 16.9 Å². The second-order valence-corrected chi connectivity index (χ2v) is 6.79. The molecule has 7 nitrogen and oxygen atoms in total. The van der Waals surface area contributed by atoms with E-state index in [1.54, 1.807) is 36.4 Å². The van der Waals surface area contributed by atoms with Crippen molar-refractivity contribution in [1.29, 1.82) is 0 Å². The van der Waals surface area contributed by atoms with E-state index in [-0.39, 0.29) is 30.1 Å². The van der Waals surface area contributed by atoms with Gasteiger partial charge in [-0.1, -0.05) is 29.4 Å². The Hall–Kier alpha value is -4.33. The molecule has 0 atom stereocenters. The lowest BCUT2D eigenvalue weighted by molar-refractivity contribution is -0.131. The van der Waals surface area contributed by atoms with Gasteiger partial charge >= 0.3 is 11.9 Å². The zero-order valence-corrected chi connectivity index (χ0v) is 16.9. The molecule has 0 aliphatic carbocycles. The summed E-state index contributed by atoms with van der Waals surface area (Å²) in [7, 11) is 0. The first-order valence-corrected chi connectivity index (χ1v) is 9.62. The number of benzene rings is 3. The van der Waals surface area contributed by atoms with E-state index in [4.69, 9.17) is 14.0 Å². The highest BCUT2D eigenvalue weighted by Crippen LogP contribution is 2.23. The number of aromatic nitrogens is 2. The topological polar surface area (TPSA) is 91.5 Å². The van der Waals surface area contributed by atoms with Crippen molar-refractivity contribution in [2.45, 2.75) is 13.5 Å². The molecule has 0 fully saturated rings. The lowest BCUT2D eigenvalue weighted by Crippen LogP contribution is -2.05. The van der Waals surface area contributed by atoms with Crippen LogP contribution in [0.2, 0.25) is 0 Å². The van der Waals surface area contributed by atoms with Crippen LogP contribution in [0.15, 0.2) is 77.3 Å². The number of hydrogen-bond donors (Lipinski definition) is 0. The highest BCUT2D eigenvalue weighted by molar-refractivity contribution is 5.90. The van der Waals surface area contributed by atoms with Crippen LogP contribution in [0.25, 0.3) is 22.5 Å². The molecule has 0 aliphatic rings. The third-order valence-electron chi connectivity index (χ3n) is 4.47. The molecule has 8 heteroatoms. The summed E-state index contributed by atoms with van der Waals surface area (Å²) in [5, 5.41) is 3.81. The Bertz CT molecular complexity index is 1230. The van der Waals surface area contributed by atoms with Gasteiger partial charge in [0.05, 0.1) is 5.56 Å². The molecule has 0 amide bonds. The number of rotatable bonds is 6. The Kier molecular flexibility index (Phi) is 6.03. The van der Waals surface area contributed by atoms with Gasteiger partial charge in [-0.15, -0.1) is 0 Å². The number of nitrogens with zero attached hydrogens (tertiary/aromatic N) is 2. The smallest absolute Gasteiger partial charge is 0.338 e. The quantitative estimate of drug-likeness (QED) is 0.318. The fraction of sp³-hybridized carbons (Fsp3) is 0.0833. The normalized spacial score (nSPS) is 10.6. The molecule has 0 unspecified atom stereocenters. The van der Waals surface area contributed by atoms with Crippen molar-refractivity contribution in [1.82, 2.24) is 10.1 Å². The zero-order chi connectivity index (χ0) is 22.5. The Morgan fingerprint density at radius 2 is 1.47 bits per heavy atom. The van der Waals surface area contributed by atoms with Gasteiger partial charge in [0.25, 0.3) is 5.89 Å². The van der Waals surface area contributed by atoms with Crippen molar-refractivity contribution >= 4 is 11.9 Å². The molecule has 0 spiro atoms. The van der Waals surface area contributed by atoms with Crippen molar-refractivity contribution in [3.63, 3.8) is 0 Å². The molecule has 1 heterocycles. The maximum absolute atomic E-state index is 13.0. The predicted octanol–water partition coefficient (Wildman–Crippen LogP) is 4.83. The second kappa shape index (κ2) is 9.22. The summed E-state index contributed by atoms with van der Waals surface area (Å²) in [5.41, 5.74) is 2.74. The van der Waals surface area contributed by atoms with Gasteiger partial charge in [0.2, 0.25) is 5.82 Å². The molecular formula is C24H17FN2O5. The average Bonchev–Trinajstić information content (AvgIpc) is 3.27. The number of halogens is 1. The van der Waals surface area contributed by atoms with Crippen LogP contribution in [0.4, 0.5) is 4.39 Å². The van der Waals surface area contributed by atoms with Crippen LogP contribution < -0.4 is 4.74 Å². The van der Waals surface area contributed by atoms with Crippen LogP contribution >= 0.6 is 0 Å². The Balaban J connectivity index is 1.36. The molecule has 32 heavy (non-hydrogen) atoms. The standard InChI is InChI=1S/C24H17FN2O5/c1-15(28)31-21-12-8-17(9-13-21)16-2-4-19(5-3-16)24(29)30-14-22-26-23(27-32-22)18-6-10-20(25)11-7-18/h2-13H,14H2,1H3. The lowest BCUT2D eigenvalue weighted by atomic mass is 10.0. The Morgan fingerprint density at radius 1 is 0.875 bits per heavy atom. The Morgan fingerprint density at radius 3 is 2.09 bits per heavy atom. The first-order chi connectivity index (χ1) is 15.5. The molecule has 0 saturated carbocycles. The van der Waals surface area contributed by atoms with E-state index in [2.05, 4.69) is 10.1 Å². The number of carbonyl (C=O) groups is 2. The maximum Gasteiger partial charge on any atom is 0.338 e. The van der Waals surface area contributed by atoms with Crippen molar-refractivity contribution in [2.24, 2.45) is 0 Å². The van der Waals surface area contributed by atoms with Gasteiger partial charge in [-0.25, -0.2) is 9.18 Å². The van der Waals surface area contributed by atoms with Crippen LogP contribution in [0.5, 0.6) is 5.75 Å². The molecule has 4 aromatic rings. The van der Waals surface area contributed by atoms with Gasteiger partial charge in [0, 0.05) is 12.5 Å². The molecule has 160 valence electrons. The van der Waals surface area contributed by atoms with Crippen LogP contribution in [-0.2, 0) is 16.1 Å². The van der Waals surface area contributed by atoms with Crippen LogP contribution in [0, 0.1) is 5.82 Å². The monoisotopic (exact) mass is 432 g/mol. The van der Waals surface area contributed by atoms with Crippen molar-refractivity contribution in [2.75, 3.05) is 0 Å². The number of carbonyl (C=O) groups excluding carboxylic acids is 2. The van der Waals surface area contributed by atoms with Gasteiger partial charge in [0.15, 0.2) is 6.61 Å². The van der Waals surface area contributed by atoms with E-state index in [9.17, 15) is 14.0 Å². The fourth-order valence-corrected chi connectivity index (χ4v) is 2.92. The molecule has 0 radical (unpaired) electrons. The van der Waals surface area contributed by atoms with Crippen molar-refractivity contribution in [3.8, 4) is 28.3 Å². The highest BCUT2D eigenvalue weighted by atomic mass is 19.1. The predicted molar refractivity (Wildman–Crippen MR) is 112 cm³/mol. The van der Waals surface area contributed by atoms with Crippen molar-refractivity contribution < 1.29 is 28.0 Å². The molecule has 0 bridgehead atoms. The minimum atomic E-state index is -0.539. The van der Waals surface area contributed by atoms with Gasteiger partial charge in [-0.3, -0.25) is 4.79 Å². The third kappa shape index (κ3) is 5.04. The van der Waals surface area contributed by atoms with Gasteiger partial charge in [-0.05, 0) is 59.7 Å². The van der Waals surface area contributed by atoms with E-state index < -0.39 is 5.97 Å². The average molecular weight is 432 g/mol. The fourth-order valence-electron chi connectivity index (χ4n) is 2.92. The summed E-state index contributed by atoms with van der Waals surface area (Å²) in [6.07, 6.45) is 0.